The fourth-order valence-electron chi connectivity index (χ4n) is 3.59. The summed E-state index contributed by atoms with van der Waals surface area (Å²) in [5.41, 5.74) is 1.50. The third-order valence-corrected chi connectivity index (χ3v) is 4.96. The molecule has 0 amide bonds. The fourth-order valence-corrected chi connectivity index (χ4v) is 3.59. The number of ketones is 1. The van der Waals surface area contributed by atoms with Crippen molar-refractivity contribution in [1.29, 1.82) is 0 Å². The van der Waals surface area contributed by atoms with Gasteiger partial charge in [0.05, 0.1) is 6.61 Å². The number of carbonyl (C=O) groups is 1. The van der Waals surface area contributed by atoms with Gasteiger partial charge in [-0.1, -0.05) is 55.7 Å². The molecular weight excluding hydrogens is 312 g/mol. The van der Waals surface area contributed by atoms with E-state index >= 15 is 0 Å². The van der Waals surface area contributed by atoms with E-state index < -0.39 is 0 Å². The SMILES string of the molecule is O=C1/C(=C/c2ccccc2)Oc2cccc(OCC3CCCCC3)c21. The van der Waals surface area contributed by atoms with E-state index in [1.165, 1.54) is 32.1 Å². The molecule has 0 unspecified atom stereocenters. The first-order chi connectivity index (χ1) is 12.3. The van der Waals surface area contributed by atoms with Gasteiger partial charge in [0.15, 0.2) is 5.76 Å². The van der Waals surface area contributed by atoms with Crippen molar-refractivity contribution >= 4 is 11.9 Å². The zero-order valence-corrected chi connectivity index (χ0v) is 14.2. The van der Waals surface area contributed by atoms with Gasteiger partial charge < -0.3 is 9.47 Å². The summed E-state index contributed by atoms with van der Waals surface area (Å²) in [6.45, 7) is 0.682. The van der Waals surface area contributed by atoms with E-state index in [2.05, 4.69) is 0 Å². The van der Waals surface area contributed by atoms with E-state index in [1.54, 1.807) is 6.08 Å². The topological polar surface area (TPSA) is 35.5 Å². The smallest absolute Gasteiger partial charge is 0.235 e. The number of Topliss-reactive ketones (excluding diaryl/α,β-unsaturated/α-hetero) is 1. The summed E-state index contributed by atoms with van der Waals surface area (Å²) in [5, 5.41) is 0. The molecule has 128 valence electrons. The Labute approximate surface area is 148 Å². The number of hydrogen-bond acceptors (Lipinski definition) is 3. The van der Waals surface area contributed by atoms with Crippen molar-refractivity contribution in [2.45, 2.75) is 32.1 Å². The number of carbonyl (C=O) groups excluding carboxylic acids is 1. The molecule has 25 heavy (non-hydrogen) atoms. The average molecular weight is 334 g/mol. The predicted molar refractivity (Wildman–Crippen MR) is 97.9 cm³/mol. The number of ether oxygens (including phenoxy) is 2. The van der Waals surface area contributed by atoms with Crippen LogP contribution in [-0.4, -0.2) is 12.4 Å². The number of allylic oxidation sites excluding steroid dienone is 1. The molecule has 1 aliphatic heterocycles. The van der Waals surface area contributed by atoms with Gasteiger partial charge in [0.2, 0.25) is 5.78 Å². The summed E-state index contributed by atoms with van der Waals surface area (Å²) in [5.74, 6) is 2.09. The molecule has 2 aliphatic rings. The van der Waals surface area contributed by atoms with Gasteiger partial charge in [-0.25, -0.2) is 0 Å². The molecule has 2 aromatic carbocycles. The van der Waals surface area contributed by atoms with E-state index in [0.29, 0.717) is 35.3 Å². The summed E-state index contributed by atoms with van der Waals surface area (Å²) in [6.07, 6.45) is 8.13. The molecule has 2 aromatic rings. The summed E-state index contributed by atoms with van der Waals surface area (Å²) < 4.78 is 11.8. The summed E-state index contributed by atoms with van der Waals surface area (Å²) in [6, 6.07) is 15.3. The molecule has 4 rings (SSSR count). The van der Waals surface area contributed by atoms with Crippen LogP contribution in [0.3, 0.4) is 0 Å². The van der Waals surface area contributed by atoms with Gasteiger partial charge in [-0.3, -0.25) is 4.79 Å². The minimum atomic E-state index is -0.0990. The Kier molecular flexibility index (Phi) is 4.55. The highest BCUT2D eigenvalue weighted by Gasteiger charge is 2.31. The van der Waals surface area contributed by atoms with Crippen LogP contribution >= 0.6 is 0 Å². The van der Waals surface area contributed by atoms with Gasteiger partial charge in [-0.2, -0.15) is 0 Å². The molecule has 0 N–H and O–H groups in total. The van der Waals surface area contributed by atoms with E-state index in [0.717, 1.165) is 5.56 Å². The quantitative estimate of drug-likeness (QED) is 0.715. The Balaban J connectivity index is 1.54. The van der Waals surface area contributed by atoms with Crippen molar-refractivity contribution in [3.8, 4) is 11.5 Å². The highest BCUT2D eigenvalue weighted by atomic mass is 16.5. The molecule has 3 nitrogen and oxygen atoms in total. The van der Waals surface area contributed by atoms with Gasteiger partial charge in [0.25, 0.3) is 0 Å². The second-order valence-corrected chi connectivity index (χ2v) is 6.79. The van der Waals surface area contributed by atoms with E-state index in [9.17, 15) is 4.79 Å². The Morgan fingerprint density at radius 1 is 1.00 bits per heavy atom. The third kappa shape index (κ3) is 3.46. The number of benzene rings is 2. The van der Waals surface area contributed by atoms with Gasteiger partial charge in [0, 0.05) is 0 Å². The maximum atomic E-state index is 12.8. The predicted octanol–water partition coefficient (Wildman–Crippen LogP) is 5.26. The molecule has 1 aliphatic carbocycles. The molecule has 3 heteroatoms. The first-order valence-corrected chi connectivity index (χ1v) is 9.06. The zero-order chi connectivity index (χ0) is 17.1. The molecule has 0 bridgehead atoms. The van der Waals surface area contributed by atoms with Crippen LogP contribution in [0, 0.1) is 5.92 Å². The lowest BCUT2D eigenvalue weighted by Gasteiger charge is -2.22. The van der Waals surface area contributed by atoms with Crippen LogP contribution in [0.1, 0.15) is 48.0 Å². The number of rotatable bonds is 4. The van der Waals surface area contributed by atoms with Crippen LogP contribution in [-0.2, 0) is 0 Å². The molecule has 0 spiro atoms. The molecular formula is C22H22O3. The van der Waals surface area contributed by atoms with Crippen molar-refractivity contribution in [3.63, 3.8) is 0 Å². The van der Waals surface area contributed by atoms with E-state index in [4.69, 9.17) is 9.47 Å². The second kappa shape index (κ2) is 7.14. The van der Waals surface area contributed by atoms with Crippen molar-refractivity contribution < 1.29 is 14.3 Å². The lowest BCUT2D eigenvalue weighted by Crippen LogP contribution is -2.16. The Morgan fingerprint density at radius 2 is 1.80 bits per heavy atom. The number of hydrogen-bond donors (Lipinski definition) is 0. The average Bonchev–Trinajstić information content (AvgIpc) is 2.98. The highest BCUT2D eigenvalue weighted by Crippen LogP contribution is 2.38. The van der Waals surface area contributed by atoms with Crippen LogP contribution in [0.25, 0.3) is 6.08 Å². The molecule has 0 saturated heterocycles. The molecule has 0 atom stereocenters. The van der Waals surface area contributed by atoms with E-state index in [-0.39, 0.29) is 5.78 Å². The van der Waals surface area contributed by atoms with Crippen molar-refractivity contribution in [3.05, 3.63) is 65.4 Å². The highest BCUT2D eigenvalue weighted by molar-refractivity contribution is 6.16. The molecule has 0 radical (unpaired) electrons. The van der Waals surface area contributed by atoms with Gasteiger partial charge in [-0.15, -0.1) is 0 Å². The van der Waals surface area contributed by atoms with E-state index in [1.807, 2.05) is 48.5 Å². The normalized spacial score (nSPS) is 18.9. The largest absolute Gasteiger partial charge is 0.492 e. The monoisotopic (exact) mass is 334 g/mol. The minimum Gasteiger partial charge on any atom is -0.492 e. The van der Waals surface area contributed by atoms with Crippen LogP contribution in [0.5, 0.6) is 11.5 Å². The molecule has 1 saturated carbocycles. The first kappa shape index (κ1) is 15.9. The van der Waals surface area contributed by atoms with Crippen LogP contribution in [0.4, 0.5) is 0 Å². The van der Waals surface area contributed by atoms with Crippen LogP contribution in [0.2, 0.25) is 0 Å². The molecule has 1 fully saturated rings. The Hall–Kier alpha value is -2.55. The minimum absolute atomic E-state index is 0.0990. The maximum absolute atomic E-state index is 12.8. The standard InChI is InChI=1S/C22H22O3/c23-22-20(14-16-8-3-1-4-9-16)25-19-13-7-12-18(21(19)22)24-15-17-10-5-2-6-11-17/h1,3-4,7-9,12-14,17H,2,5-6,10-11,15H2/b20-14-. The summed E-state index contributed by atoms with van der Waals surface area (Å²) >= 11 is 0. The Morgan fingerprint density at radius 3 is 2.60 bits per heavy atom. The fraction of sp³-hybridized carbons (Fsp3) is 0.318. The van der Waals surface area contributed by atoms with Crippen molar-refractivity contribution in [1.82, 2.24) is 0 Å². The first-order valence-electron chi connectivity index (χ1n) is 9.06. The lowest BCUT2D eigenvalue weighted by molar-refractivity contribution is 0.101. The van der Waals surface area contributed by atoms with Crippen molar-refractivity contribution in [2.24, 2.45) is 5.92 Å². The maximum Gasteiger partial charge on any atom is 0.235 e. The molecule has 0 aromatic heterocycles. The van der Waals surface area contributed by atoms with Gasteiger partial charge in [0.1, 0.15) is 17.1 Å². The summed E-state index contributed by atoms with van der Waals surface area (Å²) in [7, 11) is 0. The second-order valence-electron chi connectivity index (χ2n) is 6.79. The third-order valence-electron chi connectivity index (χ3n) is 4.96. The summed E-state index contributed by atoms with van der Waals surface area (Å²) in [4.78, 5) is 12.8. The Bertz CT molecular complexity index is 786. The number of fused-ring (bicyclic) bond motifs is 1. The van der Waals surface area contributed by atoms with Crippen molar-refractivity contribution in [2.75, 3.05) is 6.61 Å². The van der Waals surface area contributed by atoms with Gasteiger partial charge >= 0.3 is 0 Å². The van der Waals surface area contributed by atoms with Crippen LogP contribution in [0.15, 0.2) is 54.3 Å². The van der Waals surface area contributed by atoms with Gasteiger partial charge in [-0.05, 0) is 42.5 Å². The van der Waals surface area contributed by atoms with Crippen LogP contribution < -0.4 is 9.47 Å². The molecule has 1 heterocycles. The zero-order valence-electron chi connectivity index (χ0n) is 14.2. The lowest BCUT2D eigenvalue weighted by atomic mass is 9.90.